The van der Waals surface area contributed by atoms with Crippen LogP contribution in [0, 0.1) is 6.92 Å². The van der Waals surface area contributed by atoms with Gasteiger partial charge in [0.25, 0.3) is 0 Å². The standard InChI is InChI=1S/C17H22N2O3/c1-13-10-16(21)17(22)15(19(13)8-9-20)12-18(2)11-14-6-4-3-5-7-14/h3-7,10,20,22H,8-9,11-12H2,1-2H3. The molecule has 1 heterocycles. The molecule has 0 fully saturated rings. The summed E-state index contributed by atoms with van der Waals surface area (Å²) >= 11 is 0. The molecule has 0 atom stereocenters. The van der Waals surface area contributed by atoms with E-state index in [0.717, 1.165) is 11.3 Å². The van der Waals surface area contributed by atoms with Gasteiger partial charge in [-0.3, -0.25) is 9.69 Å². The van der Waals surface area contributed by atoms with Crippen LogP contribution < -0.4 is 5.43 Å². The maximum absolute atomic E-state index is 11.8. The lowest BCUT2D eigenvalue weighted by atomic mass is 10.2. The van der Waals surface area contributed by atoms with E-state index in [0.29, 0.717) is 25.3 Å². The van der Waals surface area contributed by atoms with Crippen LogP contribution in [0.2, 0.25) is 0 Å². The molecule has 5 nitrogen and oxygen atoms in total. The molecule has 5 heteroatoms. The van der Waals surface area contributed by atoms with E-state index < -0.39 is 0 Å². The van der Waals surface area contributed by atoms with Gasteiger partial charge in [-0.2, -0.15) is 0 Å². The Kier molecular flexibility index (Phi) is 5.35. The number of aliphatic hydroxyl groups excluding tert-OH is 1. The maximum atomic E-state index is 11.8. The minimum absolute atomic E-state index is 0.0431. The second kappa shape index (κ2) is 7.24. The Morgan fingerprint density at radius 3 is 2.50 bits per heavy atom. The molecule has 0 aliphatic carbocycles. The Morgan fingerprint density at radius 1 is 1.18 bits per heavy atom. The molecule has 1 aromatic carbocycles. The first-order valence-corrected chi connectivity index (χ1v) is 7.28. The quantitative estimate of drug-likeness (QED) is 0.848. The normalized spacial score (nSPS) is 11.1. The molecule has 0 saturated heterocycles. The predicted octanol–water partition coefficient (Wildman–Crippen LogP) is 1.49. The van der Waals surface area contributed by atoms with Crippen LogP contribution in [0.1, 0.15) is 17.0 Å². The van der Waals surface area contributed by atoms with Gasteiger partial charge in [0.1, 0.15) is 0 Å². The minimum Gasteiger partial charge on any atom is -0.503 e. The molecule has 2 aromatic rings. The number of aromatic hydroxyl groups is 1. The van der Waals surface area contributed by atoms with E-state index in [-0.39, 0.29) is 17.8 Å². The van der Waals surface area contributed by atoms with Crippen LogP contribution >= 0.6 is 0 Å². The van der Waals surface area contributed by atoms with Crippen molar-refractivity contribution >= 4 is 0 Å². The third-order valence-electron chi connectivity index (χ3n) is 3.64. The van der Waals surface area contributed by atoms with Crippen LogP contribution in [0.25, 0.3) is 0 Å². The molecule has 0 unspecified atom stereocenters. The number of aromatic nitrogens is 1. The topological polar surface area (TPSA) is 65.7 Å². The number of hydrogen-bond donors (Lipinski definition) is 2. The van der Waals surface area contributed by atoms with Gasteiger partial charge in [-0.15, -0.1) is 0 Å². The van der Waals surface area contributed by atoms with Crippen molar-refractivity contribution in [2.24, 2.45) is 0 Å². The van der Waals surface area contributed by atoms with Crippen LogP contribution in [0.15, 0.2) is 41.2 Å². The Hall–Kier alpha value is -2.11. The number of aliphatic hydroxyl groups is 1. The lowest BCUT2D eigenvalue weighted by molar-refractivity contribution is 0.259. The van der Waals surface area contributed by atoms with Crippen molar-refractivity contribution in [1.82, 2.24) is 9.47 Å². The highest BCUT2D eigenvalue weighted by atomic mass is 16.3. The van der Waals surface area contributed by atoms with E-state index in [1.807, 2.05) is 42.3 Å². The lowest BCUT2D eigenvalue weighted by Crippen LogP contribution is -2.24. The molecule has 2 N–H and O–H groups in total. The lowest BCUT2D eigenvalue weighted by Gasteiger charge is -2.22. The third-order valence-corrected chi connectivity index (χ3v) is 3.64. The predicted molar refractivity (Wildman–Crippen MR) is 85.8 cm³/mol. The number of pyridine rings is 1. The van der Waals surface area contributed by atoms with Crippen molar-refractivity contribution in [3.63, 3.8) is 0 Å². The molecule has 0 aliphatic heterocycles. The molecule has 0 saturated carbocycles. The Bertz CT molecular complexity index is 680. The summed E-state index contributed by atoms with van der Waals surface area (Å²) < 4.78 is 1.79. The zero-order valence-electron chi connectivity index (χ0n) is 13.0. The summed E-state index contributed by atoms with van der Waals surface area (Å²) in [6.07, 6.45) is 0. The second-order valence-electron chi connectivity index (χ2n) is 5.48. The summed E-state index contributed by atoms with van der Waals surface area (Å²) in [4.78, 5) is 13.8. The zero-order valence-corrected chi connectivity index (χ0v) is 13.0. The number of benzene rings is 1. The Balaban J connectivity index is 2.26. The average Bonchev–Trinajstić information content (AvgIpc) is 2.49. The van der Waals surface area contributed by atoms with Crippen molar-refractivity contribution in [1.29, 1.82) is 0 Å². The first kappa shape index (κ1) is 16.3. The third kappa shape index (κ3) is 3.75. The SMILES string of the molecule is Cc1cc(=O)c(O)c(CN(C)Cc2ccccc2)n1CCO. The molecular weight excluding hydrogens is 280 g/mol. The summed E-state index contributed by atoms with van der Waals surface area (Å²) in [6, 6.07) is 11.4. The summed E-state index contributed by atoms with van der Waals surface area (Å²) in [7, 11) is 1.93. The van der Waals surface area contributed by atoms with Gasteiger partial charge in [-0.25, -0.2) is 0 Å². The number of aryl methyl sites for hydroxylation is 1. The zero-order chi connectivity index (χ0) is 16.1. The largest absolute Gasteiger partial charge is 0.503 e. The summed E-state index contributed by atoms with van der Waals surface area (Å²) in [5.74, 6) is -0.237. The fourth-order valence-corrected chi connectivity index (χ4v) is 2.60. The highest BCUT2D eigenvalue weighted by molar-refractivity contribution is 5.30. The highest BCUT2D eigenvalue weighted by Crippen LogP contribution is 2.17. The summed E-state index contributed by atoms with van der Waals surface area (Å²) in [5, 5.41) is 19.3. The molecule has 22 heavy (non-hydrogen) atoms. The monoisotopic (exact) mass is 302 g/mol. The number of rotatable bonds is 6. The first-order chi connectivity index (χ1) is 10.5. The van der Waals surface area contributed by atoms with Crippen molar-refractivity contribution in [3.05, 3.63) is 63.6 Å². The molecule has 0 radical (unpaired) electrons. The van der Waals surface area contributed by atoms with Crippen LogP contribution in [0.5, 0.6) is 5.75 Å². The van der Waals surface area contributed by atoms with E-state index in [4.69, 9.17) is 0 Å². The molecule has 2 rings (SSSR count). The summed E-state index contributed by atoms with van der Waals surface area (Å²) in [5.41, 5.74) is 2.06. The van der Waals surface area contributed by atoms with E-state index in [1.54, 1.807) is 11.5 Å². The molecular formula is C17H22N2O3. The van der Waals surface area contributed by atoms with Crippen molar-refractivity contribution in [3.8, 4) is 5.75 Å². The molecule has 0 aliphatic rings. The van der Waals surface area contributed by atoms with E-state index >= 15 is 0 Å². The van der Waals surface area contributed by atoms with Gasteiger partial charge < -0.3 is 14.8 Å². The molecule has 118 valence electrons. The fraction of sp³-hybridized carbons (Fsp3) is 0.353. The van der Waals surface area contributed by atoms with E-state index in [2.05, 4.69) is 0 Å². The number of nitrogens with zero attached hydrogens (tertiary/aromatic N) is 2. The van der Waals surface area contributed by atoms with Crippen LogP contribution in [-0.2, 0) is 19.6 Å². The Morgan fingerprint density at radius 2 is 1.86 bits per heavy atom. The fourth-order valence-electron chi connectivity index (χ4n) is 2.60. The van der Waals surface area contributed by atoms with Crippen molar-refractivity contribution in [2.75, 3.05) is 13.7 Å². The van der Waals surface area contributed by atoms with Crippen LogP contribution in [0.3, 0.4) is 0 Å². The summed E-state index contributed by atoms with van der Waals surface area (Å²) in [6.45, 7) is 3.25. The average molecular weight is 302 g/mol. The van der Waals surface area contributed by atoms with Gasteiger partial charge in [0.05, 0.1) is 12.3 Å². The molecule has 1 aromatic heterocycles. The van der Waals surface area contributed by atoms with Crippen LogP contribution in [0.4, 0.5) is 0 Å². The van der Waals surface area contributed by atoms with Crippen molar-refractivity contribution in [2.45, 2.75) is 26.6 Å². The molecule has 0 bridgehead atoms. The second-order valence-corrected chi connectivity index (χ2v) is 5.48. The van der Waals surface area contributed by atoms with Gasteiger partial charge in [0, 0.05) is 31.4 Å². The highest BCUT2D eigenvalue weighted by Gasteiger charge is 2.14. The van der Waals surface area contributed by atoms with Gasteiger partial charge in [-0.05, 0) is 19.5 Å². The smallest absolute Gasteiger partial charge is 0.223 e. The van der Waals surface area contributed by atoms with Gasteiger partial charge in [0.15, 0.2) is 5.75 Å². The Labute approximate surface area is 130 Å². The van der Waals surface area contributed by atoms with E-state index in [1.165, 1.54) is 6.07 Å². The number of hydrogen-bond acceptors (Lipinski definition) is 4. The van der Waals surface area contributed by atoms with Gasteiger partial charge >= 0.3 is 0 Å². The minimum atomic E-state index is -0.380. The maximum Gasteiger partial charge on any atom is 0.223 e. The van der Waals surface area contributed by atoms with Crippen molar-refractivity contribution < 1.29 is 10.2 Å². The van der Waals surface area contributed by atoms with Gasteiger partial charge in [-0.1, -0.05) is 30.3 Å². The van der Waals surface area contributed by atoms with E-state index in [9.17, 15) is 15.0 Å². The van der Waals surface area contributed by atoms with Gasteiger partial charge in [0.2, 0.25) is 5.43 Å². The molecule has 0 amide bonds. The van der Waals surface area contributed by atoms with Crippen LogP contribution in [-0.4, -0.2) is 33.3 Å². The molecule has 0 spiro atoms. The first-order valence-electron chi connectivity index (χ1n) is 7.28.